The number of nitrogens with zero attached hydrogens (tertiary/aromatic N) is 3. The van der Waals surface area contributed by atoms with Crippen LogP contribution in [0.1, 0.15) is 12.8 Å². The fraction of sp³-hybridized carbons (Fsp3) is 0.167. The SMILES string of the molecule is N#CCCC1C(=O)N(c2ccccc2)N(c2ccccc2)C1=O. The smallest absolute Gasteiger partial charge is 0.258 e. The minimum atomic E-state index is -0.810. The van der Waals surface area contributed by atoms with E-state index in [-0.39, 0.29) is 24.7 Å². The van der Waals surface area contributed by atoms with Gasteiger partial charge in [0.1, 0.15) is 5.92 Å². The number of benzene rings is 2. The molecule has 1 aliphatic rings. The predicted octanol–water partition coefficient (Wildman–Crippen LogP) is 2.90. The summed E-state index contributed by atoms with van der Waals surface area (Å²) in [6.45, 7) is 0. The molecule has 2 aromatic rings. The van der Waals surface area contributed by atoms with E-state index in [0.717, 1.165) is 0 Å². The van der Waals surface area contributed by atoms with Crippen molar-refractivity contribution in [2.24, 2.45) is 5.92 Å². The van der Waals surface area contributed by atoms with E-state index in [1.807, 2.05) is 42.5 Å². The number of para-hydroxylation sites is 2. The van der Waals surface area contributed by atoms with Crippen LogP contribution in [0.5, 0.6) is 0 Å². The number of rotatable bonds is 4. The normalized spacial score (nSPS) is 15.1. The van der Waals surface area contributed by atoms with E-state index in [2.05, 4.69) is 0 Å². The van der Waals surface area contributed by atoms with Crippen molar-refractivity contribution in [1.82, 2.24) is 0 Å². The Labute approximate surface area is 134 Å². The van der Waals surface area contributed by atoms with E-state index in [1.165, 1.54) is 10.0 Å². The van der Waals surface area contributed by atoms with Crippen molar-refractivity contribution in [3.63, 3.8) is 0 Å². The number of carbonyl (C=O) groups is 2. The molecule has 23 heavy (non-hydrogen) atoms. The van der Waals surface area contributed by atoms with E-state index < -0.39 is 5.92 Å². The summed E-state index contributed by atoms with van der Waals surface area (Å²) in [5.74, 6) is -1.39. The molecule has 0 spiro atoms. The van der Waals surface area contributed by atoms with E-state index in [9.17, 15) is 9.59 Å². The standard InChI is InChI=1S/C18H15N3O2/c19-13-7-12-16-17(22)20(14-8-3-1-4-9-14)21(18(16)23)15-10-5-2-6-11-15/h1-6,8-11,16H,7,12H2. The lowest BCUT2D eigenvalue weighted by Crippen LogP contribution is -2.41. The summed E-state index contributed by atoms with van der Waals surface area (Å²) in [5, 5.41) is 11.6. The molecule has 0 aromatic heterocycles. The van der Waals surface area contributed by atoms with Crippen molar-refractivity contribution in [3.8, 4) is 6.07 Å². The van der Waals surface area contributed by atoms with Gasteiger partial charge in [0, 0.05) is 6.42 Å². The van der Waals surface area contributed by atoms with Gasteiger partial charge in [0.25, 0.3) is 11.8 Å². The fourth-order valence-electron chi connectivity index (χ4n) is 2.68. The zero-order valence-electron chi connectivity index (χ0n) is 12.4. The van der Waals surface area contributed by atoms with Crippen molar-refractivity contribution in [1.29, 1.82) is 5.26 Å². The average Bonchev–Trinajstić information content (AvgIpc) is 2.85. The van der Waals surface area contributed by atoms with Crippen LogP contribution < -0.4 is 10.0 Å². The first-order valence-electron chi connectivity index (χ1n) is 7.39. The molecular formula is C18H15N3O2. The first kappa shape index (κ1) is 14.8. The van der Waals surface area contributed by atoms with Gasteiger partial charge in [-0.1, -0.05) is 36.4 Å². The molecule has 0 bridgehead atoms. The molecule has 2 amide bonds. The maximum Gasteiger partial charge on any atom is 0.258 e. The molecule has 1 heterocycles. The van der Waals surface area contributed by atoms with Gasteiger partial charge in [-0.05, 0) is 30.7 Å². The van der Waals surface area contributed by atoms with Crippen LogP contribution in [-0.4, -0.2) is 11.8 Å². The Morgan fingerprint density at radius 1 is 0.826 bits per heavy atom. The summed E-state index contributed by atoms with van der Waals surface area (Å²) in [5.41, 5.74) is 1.27. The lowest BCUT2D eigenvalue weighted by Gasteiger charge is -2.27. The van der Waals surface area contributed by atoms with Crippen LogP contribution in [0.4, 0.5) is 11.4 Å². The van der Waals surface area contributed by atoms with Crippen molar-refractivity contribution < 1.29 is 9.59 Å². The minimum Gasteiger partial charge on any atom is -0.272 e. The Balaban J connectivity index is 2.04. The molecule has 1 aliphatic heterocycles. The minimum absolute atomic E-state index is 0.174. The van der Waals surface area contributed by atoms with Gasteiger partial charge in [0.05, 0.1) is 17.4 Å². The number of carbonyl (C=O) groups excluding carboxylic acids is 2. The summed E-state index contributed by atoms with van der Waals surface area (Å²) in [7, 11) is 0. The Hall–Kier alpha value is -3.13. The van der Waals surface area contributed by atoms with E-state index in [4.69, 9.17) is 5.26 Å². The molecule has 1 saturated heterocycles. The number of nitriles is 1. The predicted molar refractivity (Wildman–Crippen MR) is 86.2 cm³/mol. The van der Waals surface area contributed by atoms with Crippen LogP contribution in [0.2, 0.25) is 0 Å². The zero-order valence-corrected chi connectivity index (χ0v) is 12.4. The molecule has 3 rings (SSSR count). The highest BCUT2D eigenvalue weighted by atomic mass is 16.2. The van der Waals surface area contributed by atoms with Crippen molar-refractivity contribution >= 4 is 23.2 Å². The maximum absolute atomic E-state index is 12.8. The third kappa shape index (κ3) is 2.67. The Bertz CT molecular complexity index is 695. The highest BCUT2D eigenvalue weighted by molar-refractivity contribution is 6.22. The van der Waals surface area contributed by atoms with Gasteiger partial charge >= 0.3 is 0 Å². The monoisotopic (exact) mass is 305 g/mol. The summed E-state index contributed by atoms with van der Waals surface area (Å²) in [6, 6.07) is 20.1. The molecular weight excluding hydrogens is 290 g/mol. The lowest BCUT2D eigenvalue weighted by atomic mass is 10.0. The van der Waals surface area contributed by atoms with Gasteiger partial charge in [-0.15, -0.1) is 0 Å². The summed E-state index contributed by atoms with van der Waals surface area (Å²) >= 11 is 0. The molecule has 0 unspecified atom stereocenters. The summed E-state index contributed by atoms with van der Waals surface area (Å²) in [6.07, 6.45) is 0.411. The highest BCUT2D eigenvalue weighted by Crippen LogP contribution is 2.33. The fourth-order valence-corrected chi connectivity index (χ4v) is 2.68. The van der Waals surface area contributed by atoms with Crippen LogP contribution in [0.15, 0.2) is 60.7 Å². The Morgan fingerprint density at radius 3 is 1.65 bits per heavy atom. The van der Waals surface area contributed by atoms with E-state index in [1.54, 1.807) is 24.3 Å². The topological polar surface area (TPSA) is 64.4 Å². The second kappa shape index (κ2) is 6.32. The number of hydrazine groups is 1. The van der Waals surface area contributed by atoms with Gasteiger partial charge in [-0.25, -0.2) is 10.0 Å². The molecule has 5 heteroatoms. The summed E-state index contributed by atoms with van der Waals surface area (Å²) < 4.78 is 0. The molecule has 1 fully saturated rings. The number of amides is 2. The summed E-state index contributed by atoms with van der Waals surface area (Å²) in [4.78, 5) is 25.5. The first-order chi connectivity index (χ1) is 11.2. The molecule has 0 aliphatic carbocycles. The van der Waals surface area contributed by atoms with Crippen LogP contribution in [0.3, 0.4) is 0 Å². The second-order valence-corrected chi connectivity index (χ2v) is 5.22. The van der Waals surface area contributed by atoms with Gasteiger partial charge in [0.2, 0.25) is 0 Å². The van der Waals surface area contributed by atoms with Crippen molar-refractivity contribution in [2.75, 3.05) is 10.0 Å². The van der Waals surface area contributed by atoms with Crippen LogP contribution >= 0.6 is 0 Å². The maximum atomic E-state index is 12.8. The third-order valence-electron chi connectivity index (χ3n) is 3.76. The van der Waals surface area contributed by atoms with E-state index in [0.29, 0.717) is 11.4 Å². The number of anilines is 2. The van der Waals surface area contributed by atoms with Gasteiger partial charge in [-0.2, -0.15) is 5.26 Å². The highest BCUT2D eigenvalue weighted by Gasteiger charge is 2.46. The van der Waals surface area contributed by atoms with Crippen LogP contribution in [-0.2, 0) is 9.59 Å². The number of hydrogen-bond acceptors (Lipinski definition) is 3. The van der Waals surface area contributed by atoms with Crippen LogP contribution in [0, 0.1) is 17.2 Å². The van der Waals surface area contributed by atoms with Crippen LogP contribution in [0.25, 0.3) is 0 Å². The van der Waals surface area contributed by atoms with E-state index >= 15 is 0 Å². The largest absolute Gasteiger partial charge is 0.272 e. The average molecular weight is 305 g/mol. The molecule has 0 radical (unpaired) electrons. The molecule has 0 atom stereocenters. The lowest BCUT2D eigenvalue weighted by molar-refractivity contribution is -0.127. The van der Waals surface area contributed by atoms with Crippen molar-refractivity contribution in [2.45, 2.75) is 12.8 Å². The third-order valence-corrected chi connectivity index (χ3v) is 3.76. The zero-order chi connectivity index (χ0) is 16.2. The quantitative estimate of drug-likeness (QED) is 0.816. The molecule has 0 saturated carbocycles. The van der Waals surface area contributed by atoms with Gasteiger partial charge < -0.3 is 0 Å². The molecule has 2 aromatic carbocycles. The van der Waals surface area contributed by atoms with Crippen molar-refractivity contribution in [3.05, 3.63) is 60.7 Å². The Morgan fingerprint density at radius 2 is 1.26 bits per heavy atom. The molecule has 5 nitrogen and oxygen atoms in total. The number of hydrogen-bond donors (Lipinski definition) is 0. The van der Waals surface area contributed by atoms with Gasteiger partial charge in [-0.3, -0.25) is 9.59 Å². The van der Waals surface area contributed by atoms with Gasteiger partial charge in [0.15, 0.2) is 0 Å². The first-order valence-corrected chi connectivity index (χ1v) is 7.39. The second-order valence-electron chi connectivity index (χ2n) is 5.22. The molecule has 114 valence electrons. The molecule has 0 N–H and O–H groups in total. The Kier molecular flexibility index (Phi) is 4.07.